The molecule has 478 valence electrons. The van der Waals surface area contributed by atoms with Crippen LogP contribution in [0.1, 0.15) is 103 Å². The minimum atomic E-state index is -1.73. The van der Waals surface area contributed by atoms with Gasteiger partial charge in [0.05, 0.1) is 25.3 Å². The first-order chi connectivity index (χ1) is 40.6. The standard InChI is InChI=1S/C50H85N23O13/c1-25(2)38(53)45(83)68-27(8-3-15-61-48(54)55)39(77)64-23-37(76)72-18-6-11-33(72)43(81)67-28(9-4-16-62-49(56)57)40(78)66-29(13-14-35(51)74)41(79)70-31(20-26-22-60-24-65-26)42(80)71-32(21-36(52)75)46(84)73-19-7-12-34(73)44(82)69-30(47(85)86)10-5-17-63-50(58)59/h22,24-25,27-34,38H,3-21,23,53H2,1-2H3,(H2,51,74)(H2,52,75)(H,60,65)(H,64,77)(H,66,78)(H,67,81)(H,68,83)(H,69,82)(H,70,79)(H,71,80)(H,85,86)(H4,54,55,61)(H4,56,57,62)(H4,58,59,63)/t27-,28-,29-,30-,31-,32-,33-,34-,38-/m0/s1. The Morgan fingerprint density at radius 2 is 1.05 bits per heavy atom. The maximum Gasteiger partial charge on any atom is 0.326 e. The van der Waals surface area contributed by atoms with E-state index in [4.69, 9.17) is 51.6 Å². The molecule has 0 radical (unpaired) electrons. The molecule has 3 rings (SSSR count). The first-order valence-corrected chi connectivity index (χ1v) is 28.0. The number of aromatic nitrogens is 2. The number of hydrogen-bond acceptors (Lipinski definition) is 17. The lowest BCUT2D eigenvalue weighted by molar-refractivity contribution is -0.145. The summed E-state index contributed by atoms with van der Waals surface area (Å²) >= 11 is 0. The van der Waals surface area contributed by atoms with Crippen LogP contribution in [0.3, 0.4) is 0 Å². The fourth-order valence-electron chi connectivity index (χ4n) is 9.24. The predicted molar refractivity (Wildman–Crippen MR) is 309 cm³/mol. The summed E-state index contributed by atoms with van der Waals surface area (Å²) in [6.45, 7) is 3.06. The maximum absolute atomic E-state index is 14.4. The van der Waals surface area contributed by atoms with Crippen LogP contribution >= 0.6 is 0 Å². The normalized spacial score (nSPS) is 16.9. The quantitative estimate of drug-likeness (QED) is 0.0167. The van der Waals surface area contributed by atoms with Crippen molar-refractivity contribution in [2.45, 2.75) is 158 Å². The van der Waals surface area contributed by atoms with E-state index in [2.05, 4.69) is 62.2 Å². The summed E-state index contributed by atoms with van der Waals surface area (Å²) in [6.07, 6.45) is 1.66. The van der Waals surface area contributed by atoms with E-state index in [1.54, 1.807) is 13.8 Å². The zero-order valence-electron chi connectivity index (χ0n) is 48.3. The van der Waals surface area contributed by atoms with Crippen LogP contribution in [0.2, 0.25) is 0 Å². The highest BCUT2D eigenvalue weighted by Crippen LogP contribution is 2.21. The third-order valence-electron chi connectivity index (χ3n) is 13.8. The molecule has 0 bridgehead atoms. The third-order valence-corrected chi connectivity index (χ3v) is 13.8. The maximum atomic E-state index is 14.4. The SMILES string of the molecule is CC(C)[C@H](N)C(=O)N[C@@H](CCCN=C(N)N)C(=O)NCC(=O)N1CCC[C@H]1C(=O)N[C@@H](CCCN=C(N)N)C(=O)N[C@@H](CCC(N)=O)C(=O)N[C@@H](Cc1cnc[nH]1)C(=O)N[C@@H](CC(N)=O)C(=O)N1CCC[C@H]1C(=O)N[C@@H](CCCN=C(N)N)C(=O)O. The molecule has 9 atom stereocenters. The molecule has 2 aliphatic rings. The van der Waals surface area contributed by atoms with Crippen molar-refractivity contribution in [3.8, 4) is 0 Å². The molecule has 2 aliphatic heterocycles. The number of likely N-dealkylation sites (tertiary alicyclic amines) is 2. The molecule has 0 spiro atoms. The number of nitrogens with two attached hydrogens (primary N) is 9. The molecule has 27 N–H and O–H groups in total. The van der Waals surface area contributed by atoms with Crippen molar-refractivity contribution in [2.24, 2.45) is 72.5 Å². The molecule has 1 aromatic heterocycles. The number of aliphatic carboxylic acids is 1. The van der Waals surface area contributed by atoms with Crippen molar-refractivity contribution in [1.82, 2.24) is 57.0 Å². The first-order valence-electron chi connectivity index (χ1n) is 28.0. The number of carboxylic acid groups (broad SMARTS) is 1. The molecular weight excluding hydrogens is 1130 g/mol. The summed E-state index contributed by atoms with van der Waals surface area (Å²) in [5, 5.41) is 27.5. The molecular formula is C50H85N23O13. The number of hydrogen-bond donors (Lipinski definition) is 18. The van der Waals surface area contributed by atoms with E-state index < -0.39 is 151 Å². The highest BCUT2D eigenvalue weighted by Gasteiger charge is 2.41. The van der Waals surface area contributed by atoms with Crippen molar-refractivity contribution in [2.75, 3.05) is 39.3 Å². The molecule has 0 saturated carbocycles. The molecule has 3 heterocycles. The van der Waals surface area contributed by atoms with Crippen LogP contribution in [-0.4, -0.2) is 207 Å². The van der Waals surface area contributed by atoms with E-state index >= 15 is 0 Å². The molecule has 36 nitrogen and oxygen atoms in total. The van der Waals surface area contributed by atoms with E-state index in [1.165, 1.54) is 17.4 Å². The summed E-state index contributed by atoms with van der Waals surface area (Å²) in [5.41, 5.74) is 49.8. The number of guanidine groups is 3. The molecule has 1 aromatic rings. The number of carbonyl (C=O) groups excluding carboxylic acids is 11. The van der Waals surface area contributed by atoms with E-state index in [0.717, 1.165) is 4.90 Å². The number of rotatable bonds is 37. The number of aliphatic imine (C=N–C) groups is 3. The van der Waals surface area contributed by atoms with Crippen molar-refractivity contribution in [3.05, 3.63) is 18.2 Å². The number of nitrogens with zero attached hydrogens (tertiary/aromatic N) is 6. The smallest absolute Gasteiger partial charge is 0.326 e. The van der Waals surface area contributed by atoms with E-state index in [1.807, 2.05) is 0 Å². The van der Waals surface area contributed by atoms with Crippen LogP contribution in [0.15, 0.2) is 27.5 Å². The number of H-pyrrole nitrogens is 1. The zero-order valence-corrected chi connectivity index (χ0v) is 48.3. The Balaban J connectivity index is 1.86. The summed E-state index contributed by atoms with van der Waals surface area (Å²) in [7, 11) is 0. The van der Waals surface area contributed by atoms with Gasteiger partial charge >= 0.3 is 5.97 Å². The number of amides is 11. The molecule has 0 aliphatic carbocycles. The average Bonchev–Trinajstić information content (AvgIpc) is 2.92. The third kappa shape index (κ3) is 24.4. The van der Waals surface area contributed by atoms with Gasteiger partial charge < -0.3 is 109 Å². The number of nitrogens with one attached hydrogen (secondary N) is 8. The molecule has 36 heteroatoms. The van der Waals surface area contributed by atoms with E-state index in [9.17, 15) is 62.6 Å². The van der Waals surface area contributed by atoms with Crippen LogP contribution in [0.25, 0.3) is 0 Å². The van der Waals surface area contributed by atoms with Crippen LogP contribution in [0.4, 0.5) is 0 Å². The first kappa shape index (κ1) is 70.9. The second-order valence-electron chi connectivity index (χ2n) is 20.9. The Bertz CT molecular complexity index is 2620. The minimum Gasteiger partial charge on any atom is -0.480 e. The Labute approximate surface area is 495 Å². The summed E-state index contributed by atoms with van der Waals surface area (Å²) < 4.78 is 0. The van der Waals surface area contributed by atoms with Crippen LogP contribution in [0.5, 0.6) is 0 Å². The van der Waals surface area contributed by atoms with Gasteiger partial charge in [-0.15, -0.1) is 0 Å². The topological polar surface area (TPSA) is 616 Å². The molecule has 0 aromatic carbocycles. The lowest BCUT2D eigenvalue weighted by Crippen LogP contribution is -2.60. The van der Waals surface area contributed by atoms with E-state index in [-0.39, 0.29) is 126 Å². The van der Waals surface area contributed by atoms with Crippen LogP contribution < -0.4 is 88.8 Å². The molecule has 86 heavy (non-hydrogen) atoms. The summed E-state index contributed by atoms with van der Waals surface area (Å²) in [4.78, 5) is 182. The summed E-state index contributed by atoms with van der Waals surface area (Å²) in [5.74, 6) is -11.9. The van der Waals surface area contributed by atoms with Gasteiger partial charge in [0.25, 0.3) is 0 Å². The van der Waals surface area contributed by atoms with Crippen LogP contribution in [0, 0.1) is 5.92 Å². The fraction of sp³-hybridized carbons (Fsp3) is 0.640. The van der Waals surface area contributed by atoms with Crippen molar-refractivity contribution < 1.29 is 62.6 Å². The van der Waals surface area contributed by atoms with Gasteiger partial charge in [0.1, 0.15) is 48.3 Å². The van der Waals surface area contributed by atoms with Gasteiger partial charge in [-0.1, -0.05) is 13.8 Å². The van der Waals surface area contributed by atoms with Gasteiger partial charge in [0.2, 0.25) is 65.0 Å². The molecule has 11 amide bonds. The number of aromatic amines is 1. The van der Waals surface area contributed by atoms with Gasteiger partial charge in [0.15, 0.2) is 17.9 Å². The Hall–Kier alpha value is -9.38. The lowest BCUT2D eigenvalue weighted by Gasteiger charge is -2.30. The highest BCUT2D eigenvalue weighted by atomic mass is 16.4. The van der Waals surface area contributed by atoms with Gasteiger partial charge in [-0.05, 0) is 76.5 Å². The van der Waals surface area contributed by atoms with Crippen molar-refractivity contribution in [3.63, 3.8) is 0 Å². The lowest BCUT2D eigenvalue weighted by atomic mass is 10.0. The minimum absolute atomic E-state index is 0.0241. The number of carboxylic acids is 1. The summed E-state index contributed by atoms with van der Waals surface area (Å²) in [6, 6.07) is -12.4. The second kappa shape index (κ2) is 35.7. The van der Waals surface area contributed by atoms with Crippen molar-refractivity contribution in [1.29, 1.82) is 0 Å². The zero-order chi connectivity index (χ0) is 64.2. The number of carbonyl (C=O) groups is 12. The molecule has 2 saturated heterocycles. The van der Waals surface area contributed by atoms with Crippen molar-refractivity contribution >= 4 is 88.8 Å². The Morgan fingerprint density at radius 3 is 1.53 bits per heavy atom. The highest BCUT2D eigenvalue weighted by molar-refractivity contribution is 5.99. The van der Waals surface area contributed by atoms with Crippen LogP contribution in [-0.2, 0) is 64.0 Å². The molecule has 0 unspecified atom stereocenters. The number of imidazole rings is 1. The largest absolute Gasteiger partial charge is 0.480 e. The van der Waals surface area contributed by atoms with E-state index in [0.29, 0.717) is 6.42 Å². The average molecular weight is 1220 g/mol. The van der Waals surface area contributed by atoms with Gasteiger partial charge in [-0.25, -0.2) is 9.78 Å². The Morgan fingerprint density at radius 1 is 0.593 bits per heavy atom. The Kier molecular flexibility index (Phi) is 29.4. The predicted octanol–water partition coefficient (Wildman–Crippen LogP) is -8.67. The van der Waals surface area contributed by atoms with Gasteiger partial charge in [0, 0.05) is 57.5 Å². The molecule has 2 fully saturated rings. The van der Waals surface area contributed by atoms with Gasteiger partial charge in [-0.2, -0.15) is 0 Å². The van der Waals surface area contributed by atoms with Gasteiger partial charge in [-0.3, -0.25) is 67.7 Å². The second-order valence-corrected chi connectivity index (χ2v) is 20.9. The fourth-order valence-corrected chi connectivity index (χ4v) is 9.24. The number of primary amides is 2. The monoisotopic (exact) mass is 1220 g/mol.